The second-order valence-corrected chi connectivity index (χ2v) is 7.45. The van der Waals surface area contributed by atoms with Crippen molar-refractivity contribution < 1.29 is 14.1 Å². The Morgan fingerprint density at radius 3 is 2.83 bits per heavy atom. The van der Waals surface area contributed by atoms with Crippen LogP contribution in [-0.2, 0) is 6.42 Å². The zero-order chi connectivity index (χ0) is 20.8. The molecule has 1 atom stereocenters. The summed E-state index contributed by atoms with van der Waals surface area (Å²) in [5.74, 6) is 0.674. The van der Waals surface area contributed by atoms with Crippen LogP contribution in [0, 0.1) is 13.8 Å². The fraction of sp³-hybridized carbons (Fsp3) is 0.273. The van der Waals surface area contributed by atoms with Crippen LogP contribution in [0.4, 0.5) is 0 Å². The summed E-state index contributed by atoms with van der Waals surface area (Å²) in [7, 11) is 1.63. The normalized spacial score (nSPS) is 16.0. The van der Waals surface area contributed by atoms with E-state index < -0.39 is 0 Å². The molecule has 1 aliphatic heterocycles. The molecule has 0 saturated carbocycles. The number of methoxy groups -OCH3 is 1. The number of fused-ring (bicyclic) bond motifs is 2. The fourth-order valence-corrected chi connectivity index (χ4v) is 4.16. The van der Waals surface area contributed by atoms with Gasteiger partial charge in [0.15, 0.2) is 0 Å². The molecule has 0 bridgehead atoms. The van der Waals surface area contributed by atoms with Gasteiger partial charge in [0.1, 0.15) is 11.8 Å². The molecule has 1 N–H and O–H groups in total. The van der Waals surface area contributed by atoms with E-state index in [0.717, 1.165) is 22.7 Å². The molecule has 1 aliphatic rings. The lowest BCUT2D eigenvalue weighted by atomic mass is 9.94. The van der Waals surface area contributed by atoms with Crippen molar-refractivity contribution in [1.82, 2.24) is 25.0 Å². The quantitative estimate of drug-likeness (QED) is 0.563. The van der Waals surface area contributed by atoms with Gasteiger partial charge in [0.25, 0.3) is 11.6 Å². The predicted molar refractivity (Wildman–Crippen MR) is 109 cm³/mol. The maximum absolute atomic E-state index is 13.8. The molecular weight excluding hydrogens is 382 g/mol. The number of rotatable bonds is 3. The molecule has 1 amide bonds. The average molecular weight is 403 g/mol. The van der Waals surface area contributed by atoms with Crippen LogP contribution in [-0.4, -0.2) is 44.6 Å². The molecule has 8 heteroatoms. The summed E-state index contributed by atoms with van der Waals surface area (Å²) in [6.07, 6.45) is 2.40. The van der Waals surface area contributed by atoms with Crippen LogP contribution in [0.2, 0.25) is 0 Å². The van der Waals surface area contributed by atoms with Gasteiger partial charge < -0.3 is 19.1 Å². The third-order valence-electron chi connectivity index (χ3n) is 5.59. The summed E-state index contributed by atoms with van der Waals surface area (Å²) >= 11 is 0. The van der Waals surface area contributed by atoms with Crippen LogP contribution < -0.4 is 4.74 Å². The molecule has 8 nitrogen and oxygen atoms in total. The van der Waals surface area contributed by atoms with Gasteiger partial charge in [-0.3, -0.25) is 4.79 Å². The number of aromatic nitrogens is 4. The number of imidazole rings is 1. The van der Waals surface area contributed by atoms with Gasteiger partial charge >= 0.3 is 0 Å². The van der Waals surface area contributed by atoms with E-state index in [4.69, 9.17) is 9.26 Å². The molecule has 0 spiro atoms. The van der Waals surface area contributed by atoms with Crippen LogP contribution in [0.15, 0.2) is 41.2 Å². The Hall–Kier alpha value is -3.68. The Labute approximate surface area is 172 Å². The number of aryl methyl sites for hydroxylation is 2. The Morgan fingerprint density at radius 1 is 1.27 bits per heavy atom. The van der Waals surface area contributed by atoms with Gasteiger partial charge in [0.05, 0.1) is 35.8 Å². The van der Waals surface area contributed by atoms with E-state index in [-0.39, 0.29) is 11.9 Å². The number of ether oxygens (including phenoxy) is 1. The molecule has 30 heavy (non-hydrogen) atoms. The molecule has 0 radical (unpaired) electrons. The van der Waals surface area contributed by atoms with E-state index in [2.05, 4.69) is 20.1 Å². The van der Waals surface area contributed by atoms with Gasteiger partial charge in [-0.2, -0.15) is 0 Å². The molecule has 0 fully saturated rings. The molecule has 0 aliphatic carbocycles. The van der Waals surface area contributed by atoms with Crippen LogP contribution in [0.5, 0.6) is 5.75 Å². The Kier molecular flexibility index (Phi) is 4.27. The third-order valence-corrected chi connectivity index (χ3v) is 5.59. The minimum absolute atomic E-state index is 0.0914. The number of hydrogen-bond acceptors (Lipinski definition) is 6. The highest BCUT2D eigenvalue weighted by molar-refractivity contribution is 6.06. The molecule has 4 heterocycles. The first kappa shape index (κ1) is 18.4. The zero-order valence-electron chi connectivity index (χ0n) is 17.0. The lowest BCUT2D eigenvalue weighted by molar-refractivity contribution is 0.0692. The number of amides is 1. The van der Waals surface area contributed by atoms with E-state index in [1.54, 1.807) is 19.5 Å². The average Bonchev–Trinajstić information content (AvgIpc) is 3.38. The Bertz CT molecular complexity index is 1240. The van der Waals surface area contributed by atoms with Crippen LogP contribution >= 0.6 is 0 Å². The number of pyridine rings is 1. The fourth-order valence-electron chi connectivity index (χ4n) is 4.16. The number of carbonyl (C=O) groups excluding carboxylic acids is 1. The molecule has 1 aromatic carbocycles. The molecule has 0 saturated heterocycles. The SMILES string of the molecule is COc1ccc(C2c3nc[nH]c3CCN2C(=O)c2cc(C)nc3onc(C)c23)cc1. The second-order valence-electron chi connectivity index (χ2n) is 7.45. The van der Waals surface area contributed by atoms with Crippen molar-refractivity contribution in [3.05, 3.63) is 70.6 Å². The van der Waals surface area contributed by atoms with Gasteiger partial charge in [-0.15, -0.1) is 0 Å². The lowest BCUT2D eigenvalue weighted by Crippen LogP contribution is -2.41. The molecule has 3 aromatic heterocycles. The molecule has 1 unspecified atom stereocenters. The van der Waals surface area contributed by atoms with Crippen LogP contribution in [0.1, 0.15) is 44.7 Å². The number of nitrogens with one attached hydrogen (secondary N) is 1. The van der Waals surface area contributed by atoms with E-state index in [1.807, 2.05) is 43.0 Å². The summed E-state index contributed by atoms with van der Waals surface area (Å²) in [5.41, 5.74) is 5.19. The van der Waals surface area contributed by atoms with Crippen molar-refractivity contribution in [1.29, 1.82) is 0 Å². The summed E-state index contributed by atoms with van der Waals surface area (Å²) in [6, 6.07) is 9.26. The number of hydrogen-bond donors (Lipinski definition) is 1. The molecular formula is C22H21N5O3. The number of nitrogens with zero attached hydrogens (tertiary/aromatic N) is 4. The summed E-state index contributed by atoms with van der Waals surface area (Å²) in [5, 5.41) is 4.67. The summed E-state index contributed by atoms with van der Waals surface area (Å²) in [4.78, 5) is 27.8. The van der Waals surface area contributed by atoms with Crippen molar-refractivity contribution >= 4 is 17.0 Å². The second kappa shape index (κ2) is 6.98. The summed E-state index contributed by atoms with van der Waals surface area (Å²) in [6.45, 7) is 4.23. The van der Waals surface area contributed by atoms with Gasteiger partial charge in [0.2, 0.25) is 0 Å². The monoisotopic (exact) mass is 403 g/mol. The van der Waals surface area contributed by atoms with E-state index >= 15 is 0 Å². The third kappa shape index (κ3) is 2.83. The number of H-pyrrole nitrogens is 1. The molecule has 5 rings (SSSR count). The topological polar surface area (TPSA) is 97.1 Å². The van der Waals surface area contributed by atoms with Crippen molar-refractivity contribution in [3.8, 4) is 5.75 Å². The minimum Gasteiger partial charge on any atom is -0.497 e. The number of benzene rings is 1. The van der Waals surface area contributed by atoms with Gasteiger partial charge in [-0.05, 0) is 37.6 Å². The van der Waals surface area contributed by atoms with Crippen LogP contribution in [0.3, 0.4) is 0 Å². The zero-order valence-corrected chi connectivity index (χ0v) is 17.0. The van der Waals surface area contributed by atoms with Crippen molar-refractivity contribution in [3.63, 3.8) is 0 Å². The largest absolute Gasteiger partial charge is 0.497 e. The maximum atomic E-state index is 13.8. The first-order chi connectivity index (χ1) is 14.6. The number of carbonyl (C=O) groups is 1. The number of aromatic amines is 1. The summed E-state index contributed by atoms with van der Waals surface area (Å²) < 4.78 is 10.6. The smallest absolute Gasteiger partial charge is 0.258 e. The van der Waals surface area contributed by atoms with Gasteiger partial charge in [0, 0.05) is 24.4 Å². The molecule has 152 valence electrons. The Morgan fingerprint density at radius 2 is 2.07 bits per heavy atom. The van der Waals surface area contributed by atoms with Crippen molar-refractivity contribution in [2.75, 3.05) is 13.7 Å². The predicted octanol–water partition coefficient (Wildman–Crippen LogP) is 3.36. The van der Waals surface area contributed by atoms with Crippen molar-refractivity contribution in [2.45, 2.75) is 26.3 Å². The van der Waals surface area contributed by atoms with Crippen molar-refractivity contribution in [2.24, 2.45) is 0 Å². The maximum Gasteiger partial charge on any atom is 0.258 e. The van der Waals surface area contributed by atoms with E-state index in [1.165, 1.54) is 0 Å². The highest BCUT2D eigenvalue weighted by Gasteiger charge is 2.35. The first-order valence-corrected chi connectivity index (χ1v) is 9.77. The minimum atomic E-state index is -0.304. The highest BCUT2D eigenvalue weighted by Crippen LogP contribution is 2.36. The van der Waals surface area contributed by atoms with E-state index in [9.17, 15) is 4.79 Å². The Balaban J connectivity index is 1.63. The van der Waals surface area contributed by atoms with Gasteiger partial charge in [-0.1, -0.05) is 17.3 Å². The first-order valence-electron chi connectivity index (χ1n) is 9.77. The standard InChI is InChI=1S/C22H21N5O3/c1-12-10-16(18-13(2)26-30-21(18)25-12)22(28)27-9-8-17-19(24-11-23-17)20(27)14-4-6-15(29-3)7-5-14/h4-7,10-11,20H,8-9H2,1-3H3,(H,23,24). The van der Waals surface area contributed by atoms with Crippen LogP contribution in [0.25, 0.3) is 11.1 Å². The molecule has 4 aromatic rings. The lowest BCUT2D eigenvalue weighted by Gasteiger charge is -2.35. The highest BCUT2D eigenvalue weighted by atomic mass is 16.5. The van der Waals surface area contributed by atoms with Gasteiger partial charge in [-0.25, -0.2) is 9.97 Å². The van der Waals surface area contributed by atoms with E-state index in [0.29, 0.717) is 41.0 Å².